The highest BCUT2D eigenvalue weighted by Gasteiger charge is 2.18. The number of benzene rings is 1. The molecule has 0 spiro atoms. The largest absolute Gasteiger partial charge is 0.481 e. The highest BCUT2D eigenvalue weighted by Crippen LogP contribution is 2.27. The number of halogens is 2. The molecule has 0 atom stereocenters. The van der Waals surface area contributed by atoms with Crippen LogP contribution in [-0.2, 0) is 11.2 Å². The maximum absolute atomic E-state index is 14.1. The molecule has 0 aliphatic rings. The summed E-state index contributed by atoms with van der Waals surface area (Å²) in [6.07, 6.45) is 0.534. The fourth-order valence-corrected chi connectivity index (χ4v) is 2.51. The first-order chi connectivity index (χ1) is 9.54. The van der Waals surface area contributed by atoms with Crippen molar-refractivity contribution in [3.8, 4) is 5.69 Å². The van der Waals surface area contributed by atoms with Crippen molar-refractivity contribution in [3.05, 3.63) is 34.9 Å². The molecule has 106 valence electrons. The zero-order valence-corrected chi connectivity index (χ0v) is 12.1. The second-order valence-corrected chi connectivity index (χ2v) is 5.19. The number of thioether (sulfide) groups is 1. The van der Waals surface area contributed by atoms with Crippen LogP contribution in [0.3, 0.4) is 0 Å². The summed E-state index contributed by atoms with van der Waals surface area (Å²) in [5.41, 5.74) is 0.215. The van der Waals surface area contributed by atoms with Crippen molar-refractivity contribution in [2.24, 2.45) is 0 Å². The topological polar surface area (TPSA) is 68.0 Å². The lowest BCUT2D eigenvalue weighted by Crippen LogP contribution is -2.06. The fourth-order valence-electron chi connectivity index (χ4n) is 1.66. The molecule has 0 amide bonds. The van der Waals surface area contributed by atoms with Crippen molar-refractivity contribution in [1.82, 2.24) is 14.8 Å². The summed E-state index contributed by atoms with van der Waals surface area (Å²) in [7, 11) is 0. The molecule has 2 aromatic rings. The lowest BCUT2D eigenvalue weighted by molar-refractivity contribution is -0.133. The van der Waals surface area contributed by atoms with E-state index in [0.717, 1.165) is 11.8 Å². The van der Waals surface area contributed by atoms with Crippen LogP contribution < -0.4 is 0 Å². The molecule has 1 N–H and O–H groups in total. The third kappa shape index (κ3) is 2.94. The molecule has 0 saturated heterocycles. The molecule has 8 heteroatoms. The number of nitrogens with zero attached hydrogens (tertiary/aromatic N) is 3. The molecule has 1 aromatic carbocycles. The first-order valence-electron chi connectivity index (χ1n) is 5.77. The quantitative estimate of drug-likeness (QED) is 0.859. The Bertz CT molecular complexity index is 648. The molecule has 0 aliphatic carbocycles. The second-order valence-electron chi connectivity index (χ2n) is 3.84. The van der Waals surface area contributed by atoms with Crippen LogP contribution in [-0.4, -0.2) is 31.6 Å². The third-order valence-electron chi connectivity index (χ3n) is 2.51. The maximum atomic E-state index is 14.1. The van der Waals surface area contributed by atoms with Crippen LogP contribution in [0.25, 0.3) is 5.69 Å². The van der Waals surface area contributed by atoms with E-state index in [1.165, 1.54) is 10.6 Å². The van der Waals surface area contributed by atoms with E-state index < -0.39 is 11.8 Å². The van der Waals surface area contributed by atoms with Gasteiger partial charge in [-0.05, 0) is 12.1 Å². The Balaban J connectivity index is 2.50. The van der Waals surface area contributed by atoms with Gasteiger partial charge in [-0.15, -0.1) is 10.2 Å². The zero-order chi connectivity index (χ0) is 14.7. The zero-order valence-electron chi connectivity index (χ0n) is 10.5. The third-order valence-corrected chi connectivity index (χ3v) is 3.72. The molecular weight excluding hydrogens is 305 g/mol. The Morgan fingerprint density at radius 2 is 2.25 bits per heavy atom. The molecule has 20 heavy (non-hydrogen) atoms. The maximum Gasteiger partial charge on any atom is 0.313 e. The van der Waals surface area contributed by atoms with Crippen molar-refractivity contribution in [3.63, 3.8) is 0 Å². The molecule has 5 nitrogen and oxygen atoms in total. The summed E-state index contributed by atoms with van der Waals surface area (Å²) in [6, 6.07) is 4.61. The number of aliphatic carboxylic acids is 1. The van der Waals surface area contributed by atoms with Gasteiger partial charge in [-0.2, -0.15) is 0 Å². The molecule has 1 heterocycles. The first kappa shape index (κ1) is 14.8. The van der Waals surface area contributed by atoms with E-state index in [4.69, 9.17) is 16.7 Å². The number of hydrogen-bond acceptors (Lipinski definition) is 4. The van der Waals surface area contributed by atoms with Crippen LogP contribution in [0.5, 0.6) is 0 Å². The molecule has 0 aliphatic heterocycles. The predicted molar refractivity (Wildman–Crippen MR) is 74.1 cm³/mol. The molecule has 2 rings (SSSR count). The number of rotatable bonds is 5. The summed E-state index contributed by atoms with van der Waals surface area (Å²) in [5.74, 6) is -1.20. The number of hydrogen-bond donors (Lipinski definition) is 1. The normalized spacial score (nSPS) is 10.8. The highest BCUT2D eigenvalue weighted by molar-refractivity contribution is 7.99. The average Bonchev–Trinajstić information content (AvgIpc) is 2.82. The van der Waals surface area contributed by atoms with Crippen LogP contribution in [0, 0.1) is 5.82 Å². The minimum absolute atomic E-state index is 0.00700. The summed E-state index contributed by atoms with van der Waals surface area (Å²) in [5, 5.41) is 16.9. The average molecular weight is 316 g/mol. The molecule has 0 fully saturated rings. The van der Waals surface area contributed by atoms with Gasteiger partial charge in [-0.3, -0.25) is 9.36 Å². The SMILES string of the molecule is CCc1nnc(SCC(=O)O)n1-c1cccc(Cl)c1F. The number of carbonyl (C=O) groups is 1. The van der Waals surface area contributed by atoms with Gasteiger partial charge in [0.15, 0.2) is 11.0 Å². The number of carboxylic acid groups (broad SMARTS) is 1. The second kappa shape index (κ2) is 6.23. The number of aromatic nitrogens is 3. The van der Waals surface area contributed by atoms with E-state index in [1.807, 2.05) is 6.92 Å². The van der Waals surface area contributed by atoms with Gasteiger partial charge in [0.05, 0.1) is 16.5 Å². The summed E-state index contributed by atoms with van der Waals surface area (Å²) in [6.45, 7) is 1.86. The molecular formula is C12H11ClFN3O2S. The summed E-state index contributed by atoms with van der Waals surface area (Å²) < 4.78 is 15.6. The lowest BCUT2D eigenvalue weighted by atomic mass is 10.3. The highest BCUT2D eigenvalue weighted by atomic mass is 35.5. The van der Waals surface area contributed by atoms with Crippen molar-refractivity contribution in [2.75, 3.05) is 5.75 Å². The fraction of sp³-hybridized carbons (Fsp3) is 0.250. The molecule has 1 aromatic heterocycles. The van der Waals surface area contributed by atoms with E-state index in [2.05, 4.69) is 10.2 Å². The summed E-state index contributed by atoms with van der Waals surface area (Å²) >= 11 is 6.76. The minimum atomic E-state index is -0.978. The smallest absolute Gasteiger partial charge is 0.313 e. The number of aryl methyl sites for hydroxylation is 1. The van der Waals surface area contributed by atoms with E-state index >= 15 is 0 Å². The molecule has 0 unspecified atom stereocenters. The predicted octanol–water partition coefficient (Wildman–Crippen LogP) is 2.80. The van der Waals surface area contributed by atoms with Crippen LogP contribution in [0.4, 0.5) is 4.39 Å². The van der Waals surface area contributed by atoms with Crippen LogP contribution in [0.1, 0.15) is 12.7 Å². The Hall–Kier alpha value is -1.60. The van der Waals surface area contributed by atoms with Crippen molar-refractivity contribution in [1.29, 1.82) is 0 Å². The van der Waals surface area contributed by atoms with Gasteiger partial charge in [-0.25, -0.2) is 4.39 Å². The Labute approximate surface area is 123 Å². The Morgan fingerprint density at radius 3 is 2.90 bits per heavy atom. The minimum Gasteiger partial charge on any atom is -0.481 e. The molecule has 0 bridgehead atoms. The van der Waals surface area contributed by atoms with E-state index in [9.17, 15) is 9.18 Å². The van der Waals surface area contributed by atoms with Crippen molar-refractivity contribution >= 4 is 29.3 Å². The van der Waals surface area contributed by atoms with Gasteiger partial charge in [0.2, 0.25) is 0 Å². The van der Waals surface area contributed by atoms with Gasteiger partial charge in [-0.1, -0.05) is 36.4 Å². The molecule has 0 radical (unpaired) electrons. The standard InChI is InChI=1S/C12H11ClFN3O2S/c1-2-9-15-16-12(20-6-10(18)19)17(9)8-5-3-4-7(13)11(8)14/h3-5H,2,6H2,1H3,(H,18,19). The summed E-state index contributed by atoms with van der Waals surface area (Å²) in [4.78, 5) is 10.6. The van der Waals surface area contributed by atoms with Gasteiger partial charge < -0.3 is 5.11 Å². The monoisotopic (exact) mass is 315 g/mol. The van der Waals surface area contributed by atoms with Crippen LogP contribution in [0.2, 0.25) is 5.02 Å². The number of carboxylic acids is 1. The van der Waals surface area contributed by atoms with Crippen molar-refractivity contribution < 1.29 is 14.3 Å². The lowest BCUT2D eigenvalue weighted by Gasteiger charge is -2.10. The van der Waals surface area contributed by atoms with Crippen LogP contribution in [0.15, 0.2) is 23.4 Å². The van der Waals surface area contributed by atoms with Gasteiger partial charge >= 0.3 is 5.97 Å². The van der Waals surface area contributed by atoms with Crippen molar-refractivity contribution in [2.45, 2.75) is 18.5 Å². The van der Waals surface area contributed by atoms with E-state index in [0.29, 0.717) is 17.4 Å². The van der Waals surface area contributed by atoms with Gasteiger partial charge in [0.25, 0.3) is 0 Å². The van der Waals surface area contributed by atoms with E-state index in [1.54, 1.807) is 12.1 Å². The Morgan fingerprint density at radius 1 is 1.50 bits per heavy atom. The molecule has 0 saturated carbocycles. The van der Waals surface area contributed by atoms with Gasteiger partial charge in [0, 0.05) is 6.42 Å². The van der Waals surface area contributed by atoms with E-state index in [-0.39, 0.29) is 16.5 Å². The first-order valence-corrected chi connectivity index (χ1v) is 7.14. The Kier molecular flexibility index (Phi) is 4.61. The van der Waals surface area contributed by atoms with Crippen LogP contribution >= 0.6 is 23.4 Å². The van der Waals surface area contributed by atoms with Gasteiger partial charge in [0.1, 0.15) is 5.82 Å².